The summed E-state index contributed by atoms with van der Waals surface area (Å²) in [6.07, 6.45) is 1.84. The van der Waals surface area contributed by atoms with Gasteiger partial charge in [0, 0.05) is 31.6 Å². The van der Waals surface area contributed by atoms with Crippen LogP contribution in [0.5, 0.6) is 0 Å². The number of aliphatic hydroxyl groups excluding tert-OH is 1. The predicted octanol–water partition coefficient (Wildman–Crippen LogP) is -0.227. The molecule has 6 nitrogen and oxygen atoms in total. The van der Waals surface area contributed by atoms with Crippen LogP contribution in [0.25, 0.3) is 0 Å². The van der Waals surface area contributed by atoms with E-state index in [0.29, 0.717) is 13.1 Å². The molecule has 1 amide bonds. The third-order valence-corrected chi connectivity index (χ3v) is 5.50. The third-order valence-electron chi connectivity index (χ3n) is 3.77. The molecule has 1 fully saturated rings. The smallest absolute Gasteiger partial charge is 0.224 e. The normalized spacial score (nSPS) is 21.9. The standard InChI is InChI=1S/C13H26N2O4S/c1-3-12(4-2)15(6-7-16)13(17)9-11-10-20(18,19)8-5-14-11/h11-12,14,16H,3-10H2,1-2H3. The van der Waals surface area contributed by atoms with Crippen molar-refractivity contribution < 1.29 is 18.3 Å². The highest BCUT2D eigenvalue weighted by Gasteiger charge is 2.29. The van der Waals surface area contributed by atoms with E-state index in [4.69, 9.17) is 5.11 Å². The highest BCUT2D eigenvalue weighted by molar-refractivity contribution is 7.91. The minimum absolute atomic E-state index is 0.0224. The van der Waals surface area contributed by atoms with E-state index in [1.807, 2.05) is 13.8 Å². The van der Waals surface area contributed by atoms with E-state index >= 15 is 0 Å². The SMILES string of the molecule is CCC(CC)N(CCO)C(=O)CC1CS(=O)(=O)CCN1. The summed E-state index contributed by atoms with van der Waals surface area (Å²) in [4.78, 5) is 14.0. The Labute approximate surface area is 121 Å². The first kappa shape index (κ1) is 17.4. The van der Waals surface area contributed by atoms with Gasteiger partial charge < -0.3 is 15.3 Å². The first-order valence-electron chi connectivity index (χ1n) is 7.27. The van der Waals surface area contributed by atoms with Crippen molar-refractivity contribution in [2.45, 2.75) is 45.2 Å². The van der Waals surface area contributed by atoms with Crippen LogP contribution < -0.4 is 5.32 Å². The van der Waals surface area contributed by atoms with Crippen molar-refractivity contribution in [1.82, 2.24) is 10.2 Å². The number of rotatable bonds is 7. The molecule has 1 atom stereocenters. The molecule has 0 aromatic carbocycles. The lowest BCUT2D eigenvalue weighted by molar-refractivity contribution is -0.134. The molecule has 1 aliphatic rings. The Morgan fingerprint density at radius 3 is 2.55 bits per heavy atom. The van der Waals surface area contributed by atoms with E-state index in [9.17, 15) is 13.2 Å². The third kappa shape index (κ3) is 5.03. The molecule has 0 bridgehead atoms. The fourth-order valence-corrected chi connectivity index (χ4v) is 4.12. The monoisotopic (exact) mass is 306 g/mol. The van der Waals surface area contributed by atoms with E-state index in [2.05, 4.69) is 5.32 Å². The van der Waals surface area contributed by atoms with Gasteiger partial charge in [0.05, 0.1) is 18.1 Å². The Balaban J connectivity index is 2.66. The number of nitrogens with one attached hydrogen (secondary N) is 1. The number of carbonyl (C=O) groups excluding carboxylic acids is 1. The van der Waals surface area contributed by atoms with Crippen LogP contribution >= 0.6 is 0 Å². The minimum Gasteiger partial charge on any atom is -0.395 e. The summed E-state index contributed by atoms with van der Waals surface area (Å²) in [6, 6.07) is -0.202. The molecule has 0 aromatic heterocycles. The lowest BCUT2D eigenvalue weighted by atomic mass is 10.1. The van der Waals surface area contributed by atoms with Gasteiger partial charge in [0.2, 0.25) is 5.91 Å². The number of amides is 1. The van der Waals surface area contributed by atoms with Crippen molar-refractivity contribution >= 4 is 15.7 Å². The van der Waals surface area contributed by atoms with Gasteiger partial charge in [-0.3, -0.25) is 4.79 Å². The topological polar surface area (TPSA) is 86.7 Å². The number of carbonyl (C=O) groups is 1. The molecule has 20 heavy (non-hydrogen) atoms. The molecule has 0 spiro atoms. The molecular formula is C13H26N2O4S. The van der Waals surface area contributed by atoms with Crippen LogP contribution in [0.3, 0.4) is 0 Å². The summed E-state index contributed by atoms with van der Waals surface area (Å²) in [5.41, 5.74) is 0. The Morgan fingerprint density at radius 1 is 1.40 bits per heavy atom. The Kier molecular flexibility index (Phi) is 6.91. The zero-order chi connectivity index (χ0) is 15.2. The Hall–Kier alpha value is -0.660. The van der Waals surface area contributed by atoms with Crippen molar-refractivity contribution in [3.8, 4) is 0 Å². The highest BCUT2D eigenvalue weighted by Crippen LogP contribution is 2.13. The molecule has 1 aliphatic heterocycles. The fraction of sp³-hybridized carbons (Fsp3) is 0.923. The van der Waals surface area contributed by atoms with Gasteiger partial charge >= 0.3 is 0 Å². The van der Waals surface area contributed by atoms with Crippen LogP contribution in [-0.2, 0) is 14.6 Å². The van der Waals surface area contributed by atoms with Gasteiger partial charge in [0.25, 0.3) is 0 Å². The van der Waals surface area contributed by atoms with Gasteiger partial charge in [0.15, 0.2) is 9.84 Å². The van der Waals surface area contributed by atoms with Crippen molar-refractivity contribution in [2.24, 2.45) is 0 Å². The quantitative estimate of drug-likeness (QED) is 0.679. The summed E-state index contributed by atoms with van der Waals surface area (Å²) in [5.74, 6) is 0.0847. The molecule has 1 rings (SSSR count). The summed E-state index contributed by atoms with van der Waals surface area (Å²) >= 11 is 0. The number of sulfone groups is 1. The van der Waals surface area contributed by atoms with E-state index in [1.54, 1.807) is 4.90 Å². The molecule has 1 unspecified atom stereocenters. The number of hydrogen-bond acceptors (Lipinski definition) is 5. The second kappa shape index (κ2) is 7.95. The molecule has 118 valence electrons. The fourth-order valence-electron chi connectivity index (χ4n) is 2.67. The van der Waals surface area contributed by atoms with Crippen LogP contribution in [0.2, 0.25) is 0 Å². The average Bonchev–Trinajstić information content (AvgIpc) is 2.37. The number of nitrogens with zero attached hydrogens (tertiary/aromatic N) is 1. The van der Waals surface area contributed by atoms with Crippen molar-refractivity contribution in [2.75, 3.05) is 31.2 Å². The molecule has 0 aliphatic carbocycles. The summed E-state index contributed by atoms with van der Waals surface area (Å²) in [7, 11) is -3.03. The number of aliphatic hydroxyl groups is 1. The highest BCUT2D eigenvalue weighted by atomic mass is 32.2. The maximum atomic E-state index is 12.4. The maximum Gasteiger partial charge on any atom is 0.224 e. The van der Waals surface area contributed by atoms with Crippen LogP contribution in [0.15, 0.2) is 0 Å². The second-order valence-electron chi connectivity index (χ2n) is 5.25. The minimum atomic E-state index is -3.03. The molecule has 0 aromatic rings. The molecule has 0 radical (unpaired) electrons. The predicted molar refractivity (Wildman–Crippen MR) is 78.2 cm³/mol. The van der Waals surface area contributed by atoms with Crippen molar-refractivity contribution in [3.05, 3.63) is 0 Å². The van der Waals surface area contributed by atoms with Gasteiger partial charge in [-0.25, -0.2) is 8.42 Å². The van der Waals surface area contributed by atoms with Gasteiger partial charge in [-0.15, -0.1) is 0 Å². The molecule has 7 heteroatoms. The van der Waals surface area contributed by atoms with Gasteiger partial charge in [-0.2, -0.15) is 0 Å². The number of hydrogen-bond donors (Lipinski definition) is 2. The van der Waals surface area contributed by atoms with E-state index in [0.717, 1.165) is 12.8 Å². The second-order valence-corrected chi connectivity index (χ2v) is 7.48. The molecule has 1 saturated heterocycles. The maximum absolute atomic E-state index is 12.4. The van der Waals surface area contributed by atoms with Crippen LogP contribution in [0.1, 0.15) is 33.1 Å². The molecular weight excluding hydrogens is 280 g/mol. The summed E-state index contributed by atoms with van der Waals surface area (Å²) < 4.78 is 23.2. The first-order valence-corrected chi connectivity index (χ1v) is 9.09. The Morgan fingerprint density at radius 2 is 2.05 bits per heavy atom. The first-order chi connectivity index (χ1) is 9.43. The van der Waals surface area contributed by atoms with E-state index in [1.165, 1.54) is 0 Å². The summed E-state index contributed by atoms with van der Waals surface area (Å²) in [5, 5.41) is 12.2. The lowest BCUT2D eigenvalue weighted by Crippen LogP contribution is -2.49. The van der Waals surface area contributed by atoms with Crippen LogP contribution in [0.4, 0.5) is 0 Å². The van der Waals surface area contributed by atoms with Gasteiger partial charge in [0.1, 0.15) is 0 Å². The van der Waals surface area contributed by atoms with Crippen molar-refractivity contribution in [1.29, 1.82) is 0 Å². The average molecular weight is 306 g/mol. The largest absolute Gasteiger partial charge is 0.395 e. The zero-order valence-corrected chi connectivity index (χ0v) is 13.2. The van der Waals surface area contributed by atoms with Crippen molar-refractivity contribution in [3.63, 3.8) is 0 Å². The van der Waals surface area contributed by atoms with E-state index in [-0.39, 0.29) is 42.5 Å². The zero-order valence-electron chi connectivity index (χ0n) is 12.3. The molecule has 0 saturated carbocycles. The molecule has 2 N–H and O–H groups in total. The van der Waals surface area contributed by atoms with E-state index < -0.39 is 9.84 Å². The van der Waals surface area contributed by atoms with Gasteiger partial charge in [-0.1, -0.05) is 13.8 Å². The Bertz CT molecular complexity index is 407. The van der Waals surface area contributed by atoms with Crippen LogP contribution in [0, 0.1) is 0 Å². The summed E-state index contributed by atoms with van der Waals surface area (Å²) in [6.45, 7) is 4.67. The lowest BCUT2D eigenvalue weighted by Gasteiger charge is -2.32. The molecule has 1 heterocycles. The van der Waals surface area contributed by atoms with Crippen LogP contribution in [-0.4, -0.2) is 67.6 Å². The van der Waals surface area contributed by atoms with Gasteiger partial charge in [-0.05, 0) is 12.8 Å².